The van der Waals surface area contributed by atoms with Crippen molar-refractivity contribution >= 4 is 22.8 Å². The lowest BCUT2D eigenvalue weighted by Crippen LogP contribution is -2.28. The second kappa shape index (κ2) is 4.35. The molecule has 2 heterocycles. The van der Waals surface area contributed by atoms with E-state index in [0.717, 1.165) is 11.1 Å². The maximum absolute atomic E-state index is 11.8. The van der Waals surface area contributed by atoms with Crippen molar-refractivity contribution in [2.75, 3.05) is 0 Å². The molecule has 20 heavy (non-hydrogen) atoms. The van der Waals surface area contributed by atoms with Gasteiger partial charge in [-0.3, -0.25) is 14.3 Å². The highest BCUT2D eigenvalue weighted by Gasteiger charge is 2.12. The van der Waals surface area contributed by atoms with Crippen LogP contribution in [0.15, 0.2) is 27.8 Å². The lowest BCUT2D eigenvalue weighted by molar-refractivity contribution is 0.832. The molecule has 0 saturated heterocycles. The van der Waals surface area contributed by atoms with Gasteiger partial charge in [-0.05, 0) is 30.7 Å². The van der Waals surface area contributed by atoms with Crippen LogP contribution in [-0.2, 0) is 7.05 Å². The number of nitrogens with zero attached hydrogens (tertiary/aromatic N) is 2. The summed E-state index contributed by atoms with van der Waals surface area (Å²) >= 11 is 6.02. The molecule has 2 N–H and O–H groups in total. The lowest BCUT2D eigenvalue weighted by Gasteiger charge is -2.00. The number of hydrogen-bond donors (Lipinski definition) is 2. The molecule has 0 bridgehead atoms. The number of rotatable bonds is 1. The van der Waals surface area contributed by atoms with Crippen molar-refractivity contribution < 1.29 is 0 Å². The molecule has 102 valence electrons. The summed E-state index contributed by atoms with van der Waals surface area (Å²) in [6.45, 7) is 1.92. The summed E-state index contributed by atoms with van der Waals surface area (Å²) in [6, 6.07) is 5.48. The molecule has 0 spiro atoms. The van der Waals surface area contributed by atoms with Gasteiger partial charge in [0.05, 0.1) is 0 Å². The number of benzene rings is 1. The predicted octanol–water partition coefficient (Wildman–Crippen LogP) is 1.58. The van der Waals surface area contributed by atoms with Crippen molar-refractivity contribution in [1.82, 2.24) is 19.5 Å². The van der Waals surface area contributed by atoms with Gasteiger partial charge in [0.2, 0.25) is 0 Å². The fraction of sp³-hybridized carbons (Fsp3) is 0.154. The Kier molecular flexibility index (Phi) is 2.76. The average molecular weight is 291 g/mol. The third-order valence-electron chi connectivity index (χ3n) is 3.07. The number of H-pyrrole nitrogens is 2. The average Bonchev–Trinajstić information content (AvgIpc) is 2.80. The first-order valence-electron chi connectivity index (χ1n) is 5.92. The Labute approximate surface area is 118 Å². The molecular formula is C13H11ClN4O2. The number of aromatic nitrogens is 4. The minimum atomic E-state index is -0.497. The van der Waals surface area contributed by atoms with E-state index in [-0.39, 0.29) is 5.52 Å². The van der Waals surface area contributed by atoms with Gasteiger partial charge >= 0.3 is 5.69 Å². The van der Waals surface area contributed by atoms with Gasteiger partial charge in [-0.15, -0.1) is 0 Å². The Morgan fingerprint density at radius 3 is 2.65 bits per heavy atom. The van der Waals surface area contributed by atoms with Crippen LogP contribution in [0.1, 0.15) is 5.56 Å². The van der Waals surface area contributed by atoms with Crippen LogP contribution < -0.4 is 11.2 Å². The molecule has 1 aromatic carbocycles. The molecule has 0 fully saturated rings. The topological polar surface area (TPSA) is 83.5 Å². The number of fused-ring (bicyclic) bond motifs is 1. The summed E-state index contributed by atoms with van der Waals surface area (Å²) in [5.41, 5.74) is 1.34. The van der Waals surface area contributed by atoms with Crippen LogP contribution in [0.4, 0.5) is 0 Å². The standard InChI is InChI=1S/C13H11ClN4O2/c1-6-3-7(5-8(14)4-6)10-15-9-11(16-10)18(2)13(20)17-12(9)19/h3-5H,1-2H3,(H,15,16)(H,17,19,20). The van der Waals surface area contributed by atoms with Gasteiger partial charge < -0.3 is 4.98 Å². The first-order chi connectivity index (χ1) is 9.45. The fourth-order valence-corrected chi connectivity index (χ4v) is 2.40. The Morgan fingerprint density at radius 2 is 1.95 bits per heavy atom. The highest BCUT2D eigenvalue weighted by atomic mass is 35.5. The molecule has 3 aromatic rings. The van der Waals surface area contributed by atoms with Crippen LogP contribution in [0.25, 0.3) is 22.6 Å². The highest BCUT2D eigenvalue weighted by molar-refractivity contribution is 6.30. The number of imidazole rings is 1. The monoisotopic (exact) mass is 290 g/mol. The molecule has 0 aliphatic heterocycles. The second-order valence-electron chi connectivity index (χ2n) is 4.62. The largest absolute Gasteiger partial charge is 0.332 e. The van der Waals surface area contributed by atoms with Gasteiger partial charge in [-0.25, -0.2) is 9.78 Å². The predicted molar refractivity (Wildman–Crippen MR) is 77.1 cm³/mol. The Balaban J connectivity index is 2.33. The zero-order valence-corrected chi connectivity index (χ0v) is 11.6. The number of aryl methyl sites for hydroxylation is 2. The molecule has 0 amide bonds. The molecule has 3 rings (SSSR count). The normalized spacial score (nSPS) is 11.2. The lowest BCUT2D eigenvalue weighted by atomic mass is 10.1. The van der Waals surface area contributed by atoms with Gasteiger partial charge in [0.15, 0.2) is 5.65 Å². The van der Waals surface area contributed by atoms with Crippen LogP contribution in [0.2, 0.25) is 5.02 Å². The van der Waals surface area contributed by atoms with Gasteiger partial charge in [0.1, 0.15) is 11.3 Å². The minimum absolute atomic E-state index is 0.264. The number of hydrogen-bond acceptors (Lipinski definition) is 3. The molecule has 2 aromatic heterocycles. The van der Waals surface area contributed by atoms with Crippen LogP contribution in [0.3, 0.4) is 0 Å². The van der Waals surface area contributed by atoms with Gasteiger partial charge in [0, 0.05) is 17.6 Å². The van der Waals surface area contributed by atoms with Gasteiger partial charge in [-0.2, -0.15) is 0 Å². The van der Waals surface area contributed by atoms with Crippen LogP contribution in [0, 0.1) is 6.92 Å². The van der Waals surface area contributed by atoms with E-state index < -0.39 is 11.2 Å². The van der Waals surface area contributed by atoms with Crippen molar-refractivity contribution in [2.24, 2.45) is 7.05 Å². The molecule has 7 heteroatoms. The molecule has 0 atom stereocenters. The van der Waals surface area contributed by atoms with Gasteiger partial charge in [-0.1, -0.05) is 11.6 Å². The second-order valence-corrected chi connectivity index (χ2v) is 5.06. The molecule has 0 radical (unpaired) electrons. The smallest absolute Gasteiger partial charge is 0.329 e. The quantitative estimate of drug-likeness (QED) is 0.714. The van der Waals surface area contributed by atoms with Crippen LogP contribution >= 0.6 is 11.6 Å². The van der Waals surface area contributed by atoms with E-state index in [4.69, 9.17) is 11.6 Å². The first kappa shape index (κ1) is 12.7. The van der Waals surface area contributed by atoms with Crippen molar-refractivity contribution in [2.45, 2.75) is 6.92 Å². The molecule has 0 aliphatic carbocycles. The zero-order chi connectivity index (χ0) is 14.4. The maximum Gasteiger partial charge on any atom is 0.329 e. The first-order valence-corrected chi connectivity index (χ1v) is 6.30. The van der Waals surface area contributed by atoms with E-state index in [1.54, 1.807) is 13.1 Å². The van der Waals surface area contributed by atoms with Crippen molar-refractivity contribution in [3.63, 3.8) is 0 Å². The molecule has 0 saturated carbocycles. The molecule has 0 aliphatic rings. The molecule has 6 nitrogen and oxygen atoms in total. The summed E-state index contributed by atoms with van der Waals surface area (Å²) in [5.74, 6) is 0.498. The number of halogens is 1. The Morgan fingerprint density at radius 1 is 1.20 bits per heavy atom. The summed E-state index contributed by atoms with van der Waals surface area (Å²) < 4.78 is 1.29. The van der Waals surface area contributed by atoms with Crippen LogP contribution in [0.5, 0.6) is 0 Å². The zero-order valence-electron chi connectivity index (χ0n) is 10.8. The Hall–Kier alpha value is -2.34. The fourth-order valence-electron chi connectivity index (χ4n) is 2.11. The van der Waals surface area contributed by atoms with Crippen molar-refractivity contribution in [3.05, 3.63) is 49.6 Å². The summed E-state index contributed by atoms with van der Waals surface area (Å²) in [4.78, 5) is 32.8. The summed E-state index contributed by atoms with van der Waals surface area (Å²) in [6.07, 6.45) is 0. The maximum atomic E-state index is 11.8. The van der Waals surface area contributed by atoms with E-state index in [1.165, 1.54) is 4.57 Å². The molecule has 0 unspecified atom stereocenters. The summed E-state index contributed by atoms with van der Waals surface area (Å²) in [5, 5.41) is 0.586. The van der Waals surface area contributed by atoms with E-state index in [9.17, 15) is 9.59 Å². The van der Waals surface area contributed by atoms with Crippen molar-refractivity contribution in [3.8, 4) is 11.4 Å². The third kappa shape index (κ3) is 1.94. The summed E-state index contributed by atoms with van der Waals surface area (Å²) in [7, 11) is 1.55. The van der Waals surface area contributed by atoms with Gasteiger partial charge in [0.25, 0.3) is 5.56 Å². The van der Waals surface area contributed by atoms with E-state index in [1.807, 2.05) is 19.1 Å². The van der Waals surface area contributed by atoms with E-state index in [2.05, 4.69) is 15.0 Å². The Bertz CT molecular complexity index is 915. The SMILES string of the molecule is Cc1cc(Cl)cc(-c2nc3c([nH]2)c(=O)[nH]c(=O)n3C)c1. The van der Waals surface area contributed by atoms with Crippen molar-refractivity contribution in [1.29, 1.82) is 0 Å². The van der Waals surface area contributed by atoms with Crippen LogP contribution in [-0.4, -0.2) is 19.5 Å². The minimum Gasteiger partial charge on any atom is -0.332 e. The van der Waals surface area contributed by atoms with E-state index >= 15 is 0 Å². The number of aromatic amines is 2. The van der Waals surface area contributed by atoms with E-state index in [0.29, 0.717) is 16.5 Å². The highest BCUT2D eigenvalue weighted by Crippen LogP contribution is 2.23. The molecular weight excluding hydrogens is 280 g/mol. The number of nitrogens with one attached hydrogen (secondary N) is 2. The third-order valence-corrected chi connectivity index (χ3v) is 3.29.